The SMILES string of the molecule is Cc1ccc(C(=C(C#N)C#N)c2cccc(C)c2)cc1. The molecule has 0 saturated carbocycles. The maximum absolute atomic E-state index is 9.21. The lowest BCUT2D eigenvalue weighted by Gasteiger charge is -2.10. The first kappa shape index (κ1) is 13.6. The highest BCUT2D eigenvalue weighted by atomic mass is 14.3. The van der Waals surface area contributed by atoms with Gasteiger partial charge in [-0.25, -0.2) is 0 Å². The van der Waals surface area contributed by atoms with E-state index in [0.717, 1.165) is 22.3 Å². The lowest BCUT2D eigenvalue weighted by Crippen LogP contribution is -1.93. The van der Waals surface area contributed by atoms with Gasteiger partial charge in [-0.1, -0.05) is 59.7 Å². The molecule has 0 aromatic heterocycles. The zero-order chi connectivity index (χ0) is 14.5. The number of nitriles is 2. The van der Waals surface area contributed by atoms with Gasteiger partial charge in [-0.05, 0) is 25.0 Å². The van der Waals surface area contributed by atoms with E-state index in [-0.39, 0.29) is 5.57 Å². The predicted molar refractivity (Wildman–Crippen MR) is 79.6 cm³/mol. The topological polar surface area (TPSA) is 47.6 Å². The molecular formula is C18H14N2. The van der Waals surface area contributed by atoms with Crippen LogP contribution in [0.25, 0.3) is 5.57 Å². The van der Waals surface area contributed by atoms with E-state index in [2.05, 4.69) is 0 Å². The Labute approximate surface area is 119 Å². The van der Waals surface area contributed by atoms with Crippen LogP contribution in [0.5, 0.6) is 0 Å². The van der Waals surface area contributed by atoms with Crippen molar-refractivity contribution < 1.29 is 0 Å². The second-order valence-electron chi connectivity index (χ2n) is 4.71. The highest BCUT2D eigenvalue weighted by molar-refractivity contribution is 5.86. The fourth-order valence-electron chi connectivity index (χ4n) is 2.11. The van der Waals surface area contributed by atoms with Crippen LogP contribution in [0.4, 0.5) is 0 Å². The van der Waals surface area contributed by atoms with Crippen LogP contribution in [0.3, 0.4) is 0 Å². The Morgan fingerprint density at radius 2 is 1.45 bits per heavy atom. The molecule has 0 bridgehead atoms. The maximum atomic E-state index is 9.21. The van der Waals surface area contributed by atoms with E-state index < -0.39 is 0 Å². The van der Waals surface area contributed by atoms with E-state index in [0.29, 0.717) is 5.57 Å². The minimum absolute atomic E-state index is 0.138. The van der Waals surface area contributed by atoms with Crippen molar-refractivity contribution in [3.05, 3.63) is 76.4 Å². The van der Waals surface area contributed by atoms with Crippen LogP contribution in [0.2, 0.25) is 0 Å². The van der Waals surface area contributed by atoms with Crippen LogP contribution in [-0.4, -0.2) is 0 Å². The molecule has 0 saturated heterocycles. The van der Waals surface area contributed by atoms with E-state index in [9.17, 15) is 10.5 Å². The predicted octanol–water partition coefficient (Wildman–Crippen LogP) is 4.15. The summed E-state index contributed by atoms with van der Waals surface area (Å²) in [5.74, 6) is 0. The molecule has 0 radical (unpaired) electrons. The summed E-state index contributed by atoms with van der Waals surface area (Å²) in [5, 5.41) is 18.4. The van der Waals surface area contributed by atoms with Crippen LogP contribution in [0.15, 0.2) is 54.1 Å². The Kier molecular flexibility index (Phi) is 3.99. The fraction of sp³-hybridized carbons (Fsp3) is 0.111. The largest absolute Gasteiger partial charge is 0.192 e. The smallest absolute Gasteiger partial charge is 0.138 e. The van der Waals surface area contributed by atoms with Crippen LogP contribution >= 0.6 is 0 Å². The van der Waals surface area contributed by atoms with Crippen LogP contribution in [0, 0.1) is 36.5 Å². The second-order valence-corrected chi connectivity index (χ2v) is 4.71. The molecule has 0 unspecified atom stereocenters. The summed E-state index contributed by atoms with van der Waals surface area (Å²) in [6, 6.07) is 19.7. The summed E-state index contributed by atoms with van der Waals surface area (Å²) in [7, 11) is 0. The first-order valence-electron chi connectivity index (χ1n) is 6.34. The standard InChI is InChI=1S/C18H14N2/c1-13-6-8-15(9-7-13)18(17(11-19)12-20)16-5-3-4-14(2)10-16/h3-10H,1-2H3. The van der Waals surface area contributed by atoms with E-state index in [4.69, 9.17) is 0 Å². The average Bonchev–Trinajstić information content (AvgIpc) is 2.46. The molecule has 20 heavy (non-hydrogen) atoms. The average molecular weight is 258 g/mol. The molecule has 2 heteroatoms. The van der Waals surface area contributed by atoms with Crippen LogP contribution in [0.1, 0.15) is 22.3 Å². The van der Waals surface area contributed by atoms with Gasteiger partial charge in [0.05, 0.1) is 0 Å². The van der Waals surface area contributed by atoms with Gasteiger partial charge in [0.25, 0.3) is 0 Å². The van der Waals surface area contributed by atoms with Gasteiger partial charge in [0, 0.05) is 5.57 Å². The zero-order valence-corrected chi connectivity index (χ0v) is 11.5. The third kappa shape index (κ3) is 2.76. The van der Waals surface area contributed by atoms with E-state index in [1.165, 1.54) is 0 Å². The van der Waals surface area contributed by atoms with Crippen molar-refractivity contribution in [1.82, 2.24) is 0 Å². The highest BCUT2D eigenvalue weighted by Gasteiger charge is 2.11. The minimum Gasteiger partial charge on any atom is -0.192 e. The van der Waals surface area contributed by atoms with Gasteiger partial charge in [-0.2, -0.15) is 10.5 Å². The number of hydrogen-bond acceptors (Lipinski definition) is 2. The fourth-order valence-corrected chi connectivity index (χ4v) is 2.11. The van der Waals surface area contributed by atoms with Gasteiger partial charge in [-0.15, -0.1) is 0 Å². The quantitative estimate of drug-likeness (QED) is 0.759. The number of nitrogens with zero attached hydrogens (tertiary/aromatic N) is 2. The van der Waals surface area contributed by atoms with Crippen molar-refractivity contribution in [3.63, 3.8) is 0 Å². The molecule has 0 atom stereocenters. The molecule has 2 rings (SSSR count). The van der Waals surface area contributed by atoms with Crippen molar-refractivity contribution in [2.24, 2.45) is 0 Å². The molecule has 2 aromatic rings. The summed E-state index contributed by atoms with van der Waals surface area (Å²) in [6.07, 6.45) is 0. The van der Waals surface area contributed by atoms with Crippen LogP contribution in [-0.2, 0) is 0 Å². The molecule has 0 heterocycles. The van der Waals surface area contributed by atoms with Gasteiger partial charge in [0.15, 0.2) is 0 Å². The van der Waals surface area contributed by atoms with E-state index in [1.807, 2.05) is 74.5 Å². The van der Waals surface area contributed by atoms with Gasteiger partial charge in [-0.3, -0.25) is 0 Å². The second kappa shape index (κ2) is 5.87. The van der Waals surface area contributed by atoms with E-state index >= 15 is 0 Å². The minimum atomic E-state index is 0.138. The number of rotatable bonds is 2. The highest BCUT2D eigenvalue weighted by Crippen LogP contribution is 2.27. The third-order valence-corrected chi connectivity index (χ3v) is 3.12. The number of aryl methyl sites for hydroxylation is 2. The third-order valence-electron chi connectivity index (χ3n) is 3.12. The lowest BCUT2D eigenvalue weighted by atomic mass is 9.92. The molecule has 96 valence electrons. The van der Waals surface area contributed by atoms with Crippen molar-refractivity contribution in [2.75, 3.05) is 0 Å². The first-order valence-corrected chi connectivity index (χ1v) is 6.34. The first-order chi connectivity index (χ1) is 9.65. The Morgan fingerprint density at radius 1 is 0.800 bits per heavy atom. The van der Waals surface area contributed by atoms with Gasteiger partial charge in [0.1, 0.15) is 17.7 Å². The van der Waals surface area contributed by atoms with Crippen molar-refractivity contribution >= 4 is 5.57 Å². The Balaban J connectivity index is 2.70. The lowest BCUT2D eigenvalue weighted by molar-refractivity contribution is 1.40. The summed E-state index contributed by atoms with van der Waals surface area (Å²) in [6.45, 7) is 4.00. The zero-order valence-electron chi connectivity index (χ0n) is 11.5. The molecule has 0 N–H and O–H groups in total. The molecule has 0 aliphatic carbocycles. The summed E-state index contributed by atoms with van der Waals surface area (Å²) >= 11 is 0. The van der Waals surface area contributed by atoms with Crippen molar-refractivity contribution in [1.29, 1.82) is 10.5 Å². The van der Waals surface area contributed by atoms with Gasteiger partial charge < -0.3 is 0 Å². The van der Waals surface area contributed by atoms with Gasteiger partial charge >= 0.3 is 0 Å². The number of allylic oxidation sites excluding steroid dienone is 1. The number of benzene rings is 2. The molecule has 0 fully saturated rings. The molecule has 0 aliphatic rings. The molecule has 0 aliphatic heterocycles. The normalized spacial score (nSPS) is 9.40. The Bertz CT molecular complexity index is 722. The monoisotopic (exact) mass is 258 g/mol. The molecule has 0 amide bonds. The molecule has 2 aromatic carbocycles. The van der Waals surface area contributed by atoms with E-state index in [1.54, 1.807) is 0 Å². The molecule has 2 nitrogen and oxygen atoms in total. The molecule has 0 spiro atoms. The van der Waals surface area contributed by atoms with Crippen molar-refractivity contribution in [2.45, 2.75) is 13.8 Å². The van der Waals surface area contributed by atoms with Crippen LogP contribution < -0.4 is 0 Å². The molecular weight excluding hydrogens is 244 g/mol. The Hall–Kier alpha value is -2.84. The summed E-state index contributed by atoms with van der Waals surface area (Å²) in [5.41, 5.74) is 4.86. The van der Waals surface area contributed by atoms with Gasteiger partial charge in [0.2, 0.25) is 0 Å². The number of hydrogen-bond donors (Lipinski definition) is 0. The summed E-state index contributed by atoms with van der Waals surface area (Å²) in [4.78, 5) is 0. The maximum Gasteiger partial charge on any atom is 0.138 e. The Morgan fingerprint density at radius 3 is 2.00 bits per heavy atom. The van der Waals surface area contributed by atoms with Crippen molar-refractivity contribution in [3.8, 4) is 12.1 Å². The summed E-state index contributed by atoms with van der Waals surface area (Å²) < 4.78 is 0.